The molecule has 1 aromatic carbocycles. The van der Waals surface area contributed by atoms with Crippen LogP contribution in [-0.4, -0.2) is 38.7 Å². The van der Waals surface area contributed by atoms with Crippen LogP contribution in [0.25, 0.3) is 0 Å². The van der Waals surface area contributed by atoms with Crippen LogP contribution in [0.5, 0.6) is 0 Å². The van der Waals surface area contributed by atoms with Crippen LogP contribution in [0.3, 0.4) is 0 Å². The molecule has 3 heterocycles. The number of aryl methyl sites for hydroxylation is 1. The van der Waals surface area contributed by atoms with Crippen molar-refractivity contribution in [3.05, 3.63) is 80.8 Å². The van der Waals surface area contributed by atoms with E-state index in [0.717, 1.165) is 30.0 Å². The van der Waals surface area contributed by atoms with Crippen molar-refractivity contribution in [1.82, 2.24) is 20.1 Å². The maximum absolute atomic E-state index is 12.6. The first kappa shape index (κ1) is 21.5. The molecule has 1 saturated heterocycles. The smallest absolute Gasteiger partial charge is 0.312 e. The lowest BCUT2D eigenvalue weighted by Gasteiger charge is -2.17. The van der Waals surface area contributed by atoms with Gasteiger partial charge in [0.05, 0.1) is 11.5 Å². The summed E-state index contributed by atoms with van der Waals surface area (Å²) in [6.45, 7) is 6.21. The Bertz CT molecular complexity index is 1130. The minimum absolute atomic E-state index is 0.0463. The number of benzene rings is 1. The minimum Gasteiger partial charge on any atom is -0.357 e. The highest BCUT2D eigenvalue weighted by Gasteiger charge is 2.21. The second-order valence-corrected chi connectivity index (χ2v) is 8.03. The summed E-state index contributed by atoms with van der Waals surface area (Å²) in [5, 5.41) is 18.4. The van der Waals surface area contributed by atoms with E-state index in [1.165, 1.54) is 12.8 Å². The van der Waals surface area contributed by atoms with Crippen LogP contribution in [0.4, 0.5) is 11.5 Å². The van der Waals surface area contributed by atoms with Crippen LogP contribution in [0, 0.1) is 24.0 Å². The number of nitro groups is 1. The summed E-state index contributed by atoms with van der Waals surface area (Å²) in [5.74, 6) is 0.806. The minimum atomic E-state index is -0.404. The molecule has 0 radical (unpaired) electrons. The van der Waals surface area contributed by atoms with Crippen molar-refractivity contribution >= 4 is 17.4 Å². The number of hydrogen-bond acceptors (Lipinski definition) is 6. The highest BCUT2D eigenvalue weighted by molar-refractivity contribution is 5.94. The van der Waals surface area contributed by atoms with Gasteiger partial charge in [-0.2, -0.15) is 5.10 Å². The van der Waals surface area contributed by atoms with Crippen molar-refractivity contribution in [2.45, 2.75) is 39.8 Å². The Morgan fingerprint density at radius 1 is 1.12 bits per heavy atom. The molecule has 0 aliphatic carbocycles. The van der Waals surface area contributed by atoms with Gasteiger partial charge in [0.25, 0.3) is 5.91 Å². The first-order valence-electron chi connectivity index (χ1n) is 10.7. The number of pyridine rings is 1. The Kier molecular flexibility index (Phi) is 6.16. The monoisotopic (exact) mass is 434 g/mol. The Labute approximate surface area is 186 Å². The predicted octanol–water partition coefficient (Wildman–Crippen LogP) is 3.38. The molecule has 1 fully saturated rings. The second-order valence-electron chi connectivity index (χ2n) is 8.03. The van der Waals surface area contributed by atoms with Gasteiger partial charge < -0.3 is 10.2 Å². The number of hydrogen-bond donors (Lipinski definition) is 1. The molecular weight excluding hydrogens is 408 g/mol. The van der Waals surface area contributed by atoms with Gasteiger partial charge in [0.15, 0.2) is 0 Å². The van der Waals surface area contributed by atoms with E-state index >= 15 is 0 Å². The van der Waals surface area contributed by atoms with E-state index in [0.29, 0.717) is 30.0 Å². The van der Waals surface area contributed by atoms with Gasteiger partial charge in [0, 0.05) is 31.4 Å². The van der Waals surface area contributed by atoms with Gasteiger partial charge in [-0.3, -0.25) is 19.6 Å². The Hall–Kier alpha value is -3.75. The SMILES string of the molecule is Cc1nn(Cc2ccc(C(=O)NCc3ccnc(N4CCCC4)c3)cc2)c(C)c1[N+](=O)[O-]. The number of anilines is 1. The number of aromatic nitrogens is 3. The molecule has 1 N–H and O–H groups in total. The summed E-state index contributed by atoms with van der Waals surface area (Å²) in [5.41, 5.74) is 3.43. The molecule has 2 aromatic heterocycles. The lowest BCUT2D eigenvalue weighted by Crippen LogP contribution is -2.23. The van der Waals surface area contributed by atoms with Crippen LogP contribution in [0.2, 0.25) is 0 Å². The molecule has 1 aliphatic rings. The summed E-state index contributed by atoms with van der Waals surface area (Å²) < 4.78 is 1.62. The van der Waals surface area contributed by atoms with Gasteiger partial charge in [-0.05, 0) is 62.1 Å². The van der Waals surface area contributed by atoms with Gasteiger partial charge in [-0.1, -0.05) is 12.1 Å². The molecule has 1 amide bonds. The van der Waals surface area contributed by atoms with E-state index in [1.54, 1.807) is 36.9 Å². The number of nitrogens with one attached hydrogen (secondary N) is 1. The van der Waals surface area contributed by atoms with Crippen LogP contribution in [-0.2, 0) is 13.1 Å². The average molecular weight is 435 g/mol. The molecule has 0 bridgehead atoms. The first-order valence-corrected chi connectivity index (χ1v) is 10.7. The first-order chi connectivity index (χ1) is 15.4. The van der Waals surface area contributed by atoms with E-state index < -0.39 is 4.92 Å². The summed E-state index contributed by atoms with van der Waals surface area (Å²) in [6.07, 6.45) is 4.16. The van der Waals surface area contributed by atoms with E-state index in [-0.39, 0.29) is 11.6 Å². The summed E-state index contributed by atoms with van der Waals surface area (Å²) in [4.78, 5) is 30.1. The van der Waals surface area contributed by atoms with Gasteiger partial charge in [0.2, 0.25) is 0 Å². The molecule has 0 atom stereocenters. The highest BCUT2D eigenvalue weighted by Crippen LogP contribution is 2.23. The molecule has 9 nitrogen and oxygen atoms in total. The van der Waals surface area contributed by atoms with E-state index in [1.807, 2.05) is 24.3 Å². The lowest BCUT2D eigenvalue weighted by molar-refractivity contribution is -0.386. The maximum atomic E-state index is 12.6. The van der Waals surface area contributed by atoms with Gasteiger partial charge in [-0.25, -0.2) is 4.98 Å². The molecule has 166 valence electrons. The molecule has 1 aliphatic heterocycles. The topological polar surface area (TPSA) is 106 Å². The fourth-order valence-electron chi connectivity index (χ4n) is 4.01. The third-order valence-corrected chi connectivity index (χ3v) is 5.77. The summed E-state index contributed by atoms with van der Waals surface area (Å²) in [6, 6.07) is 11.1. The van der Waals surface area contributed by atoms with Gasteiger partial charge in [0.1, 0.15) is 17.2 Å². The average Bonchev–Trinajstić information content (AvgIpc) is 3.41. The largest absolute Gasteiger partial charge is 0.357 e. The molecule has 3 aromatic rings. The molecule has 0 saturated carbocycles. The zero-order valence-corrected chi connectivity index (χ0v) is 18.2. The number of carbonyl (C=O) groups excluding carboxylic acids is 1. The van der Waals surface area contributed by atoms with Gasteiger partial charge >= 0.3 is 5.69 Å². The normalized spacial score (nSPS) is 13.4. The van der Waals surface area contributed by atoms with Crippen molar-refractivity contribution in [2.24, 2.45) is 0 Å². The number of carbonyl (C=O) groups is 1. The van der Waals surface area contributed by atoms with Gasteiger partial charge in [-0.15, -0.1) is 0 Å². The maximum Gasteiger partial charge on any atom is 0.312 e. The summed E-state index contributed by atoms with van der Waals surface area (Å²) >= 11 is 0. The van der Waals surface area contributed by atoms with Crippen LogP contribution < -0.4 is 10.2 Å². The molecule has 4 rings (SSSR count). The zero-order chi connectivity index (χ0) is 22.7. The standard InChI is InChI=1S/C23H26N6O3/c1-16-22(29(31)32)17(2)28(26-16)15-18-5-7-20(8-6-18)23(30)25-14-19-9-10-24-21(13-19)27-11-3-4-12-27/h5-10,13H,3-4,11-12,14-15H2,1-2H3,(H,25,30). The summed E-state index contributed by atoms with van der Waals surface area (Å²) in [7, 11) is 0. The van der Waals surface area contributed by atoms with Crippen LogP contribution >= 0.6 is 0 Å². The predicted molar refractivity (Wildman–Crippen MR) is 121 cm³/mol. The second kappa shape index (κ2) is 9.17. The van der Waals surface area contributed by atoms with Crippen molar-refractivity contribution < 1.29 is 9.72 Å². The Morgan fingerprint density at radius 2 is 1.84 bits per heavy atom. The Morgan fingerprint density at radius 3 is 2.50 bits per heavy atom. The number of rotatable bonds is 7. The highest BCUT2D eigenvalue weighted by atomic mass is 16.6. The fraction of sp³-hybridized carbons (Fsp3) is 0.348. The van der Waals surface area contributed by atoms with E-state index in [9.17, 15) is 14.9 Å². The molecule has 9 heteroatoms. The quantitative estimate of drug-likeness (QED) is 0.451. The number of amides is 1. The fourth-order valence-corrected chi connectivity index (χ4v) is 4.01. The van der Waals surface area contributed by atoms with Crippen molar-refractivity contribution in [2.75, 3.05) is 18.0 Å². The molecule has 32 heavy (non-hydrogen) atoms. The van der Waals surface area contributed by atoms with E-state index in [4.69, 9.17) is 0 Å². The van der Waals surface area contributed by atoms with Crippen LogP contribution in [0.1, 0.15) is 45.7 Å². The van der Waals surface area contributed by atoms with E-state index in [2.05, 4.69) is 20.3 Å². The molecular formula is C23H26N6O3. The molecule has 0 spiro atoms. The van der Waals surface area contributed by atoms with Crippen LogP contribution in [0.15, 0.2) is 42.6 Å². The third kappa shape index (κ3) is 4.61. The van der Waals surface area contributed by atoms with Crippen molar-refractivity contribution in [3.63, 3.8) is 0 Å². The third-order valence-electron chi connectivity index (χ3n) is 5.77. The van der Waals surface area contributed by atoms with Crippen molar-refractivity contribution in [1.29, 1.82) is 0 Å². The lowest BCUT2D eigenvalue weighted by atomic mass is 10.1. The number of nitrogens with zero attached hydrogens (tertiary/aromatic N) is 5. The van der Waals surface area contributed by atoms with Crippen molar-refractivity contribution in [3.8, 4) is 0 Å². The molecule has 0 unspecified atom stereocenters. The Balaban J connectivity index is 1.37. The zero-order valence-electron chi connectivity index (χ0n) is 18.2.